The summed E-state index contributed by atoms with van der Waals surface area (Å²) in [5.74, 6) is 1.97. The molecule has 0 rings (SSSR count). The minimum absolute atomic E-state index is 0. The molecular formula is C32H68CaO4P2S2. The molecule has 2 atom stereocenters. The summed E-state index contributed by atoms with van der Waals surface area (Å²) >= 11 is 3.00. The van der Waals surface area contributed by atoms with Crippen LogP contribution in [0.5, 0.6) is 0 Å². The van der Waals surface area contributed by atoms with Crippen LogP contribution in [0.2, 0.25) is 0 Å². The van der Waals surface area contributed by atoms with Crippen molar-refractivity contribution in [1.29, 1.82) is 0 Å². The third-order valence-electron chi connectivity index (χ3n) is 6.78. The van der Waals surface area contributed by atoms with Crippen LogP contribution in [0, 0.1) is 0 Å². The molecule has 0 bridgehead atoms. The van der Waals surface area contributed by atoms with E-state index in [0.29, 0.717) is 13.2 Å². The minimum Gasteiger partial charge on any atom is -0.800 e. The fourth-order valence-electron chi connectivity index (χ4n) is 4.16. The molecule has 0 aliphatic carbocycles. The van der Waals surface area contributed by atoms with Gasteiger partial charge in [0.1, 0.15) is 0 Å². The van der Waals surface area contributed by atoms with Gasteiger partial charge in [-0.05, 0) is 37.2 Å². The first kappa shape index (κ1) is 48.1. The van der Waals surface area contributed by atoms with E-state index in [-0.39, 0.29) is 37.7 Å². The molecular weight excluding hydrogens is 615 g/mol. The van der Waals surface area contributed by atoms with Crippen molar-refractivity contribution in [2.45, 2.75) is 182 Å². The van der Waals surface area contributed by atoms with Crippen LogP contribution in [-0.4, -0.2) is 62.5 Å². The zero-order valence-electron chi connectivity index (χ0n) is 27.9. The Morgan fingerprint density at radius 2 is 0.634 bits per heavy atom. The third kappa shape index (κ3) is 47.2. The Bertz CT molecular complexity index is 373. The quantitative estimate of drug-likeness (QED) is 0.0400. The van der Waals surface area contributed by atoms with Gasteiger partial charge in [-0.3, -0.25) is 0 Å². The van der Waals surface area contributed by atoms with Crippen LogP contribution in [0.25, 0.3) is 0 Å². The van der Waals surface area contributed by atoms with Crippen molar-refractivity contribution >= 4 is 75.7 Å². The number of hydrogen-bond acceptors (Lipinski definition) is 6. The molecule has 0 aliphatic heterocycles. The molecule has 0 saturated carbocycles. The van der Waals surface area contributed by atoms with Gasteiger partial charge >= 0.3 is 37.7 Å². The maximum atomic E-state index is 11.6. The summed E-state index contributed by atoms with van der Waals surface area (Å²) in [6.07, 6.45) is 30.6. The Hall–Kier alpha value is 2.66. The van der Waals surface area contributed by atoms with E-state index < -0.39 is 15.2 Å². The van der Waals surface area contributed by atoms with Crippen molar-refractivity contribution in [1.82, 2.24) is 0 Å². The molecule has 0 amide bonds. The fraction of sp³-hybridized carbons (Fsp3) is 1.00. The molecule has 0 fully saturated rings. The first-order valence-corrected chi connectivity index (χ1v) is 22.6. The predicted molar refractivity (Wildman–Crippen MR) is 190 cm³/mol. The Kier molecular flexibility index (Phi) is 52.5. The van der Waals surface area contributed by atoms with Crippen LogP contribution in [-0.2, 0) is 9.05 Å². The molecule has 0 N–H and O–H groups in total. The van der Waals surface area contributed by atoms with Gasteiger partial charge in [-0.15, -0.1) is 22.8 Å². The zero-order chi connectivity index (χ0) is 29.8. The van der Waals surface area contributed by atoms with E-state index in [1.807, 2.05) is 0 Å². The second-order valence-electron chi connectivity index (χ2n) is 10.9. The molecule has 0 heterocycles. The van der Waals surface area contributed by atoms with E-state index in [9.17, 15) is 9.79 Å². The van der Waals surface area contributed by atoms with E-state index >= 15 is 0 Å². The van der Waals surface area contributed by atoms with Crippen molar-refractivity contribution in [3.05, 3.63) is 0 Å². The van der Waals surface area contributed by atoms with Crippen molar-refractivity contribution in [2.24, 2.45) is 0 Å². The molecule has 0 spiro atoms. The van der Waals surface area contributed by atoms with Crippen LogP contribution >= 0.6 is 37.9 Å². The predicted octanol–water partition coefficient (Wildman–Crippen LogP) is 11.7. The Labute approximate surface area is 298 Å². The van der Waals surface area contributed by atoms with Crippen LogP contribution in [0.1, 0.15) is 182 Å². The summed E-state index contributed by atoms with van der Waals surface area (Å²) < 4.78 is 10.7. The van der Waals surface area contributed by atoms with Crippen LogP contribution in [0.15, 0.2) is 0 Å². The molecule has 9 heteroatoms. The maximum absolute atomic E-state index is 11.6. The Morgan fingerprint density at radius 1 is 0.390 bits per heavy atom. The summed E-state index contributed by atoms with van der Waals surface area (Å²) in [6.45, 7) is 10.3. The van der Waals surface area contributed by atoms with Gasteiger partial charge in [0.05, 0.1) is 13.2 Å². The van der Waals surface area contributed by atoms with Gasteiger partial charge < -0.3 is 18.8 Å². The molecule has 0 aromatic rings. The molecule has 0 aromatic heterocycles. The topological polar surface area (TPSA) is 64.6 Å². The summed E-state index contributed by atoms with van der Waals surface area (Å²) in [6, 6.07) is 0. The molecule has 0 radical (unpaired) electrons. The molecule has 2 unspecified atom stereocenters. The molecule has 244 valence electrons. The average molecular weight is 683 g/mol. The average Bonchev–Trinajstić information content (AvgIpc) is 2.95. The van der Waals surface area contributed by atoms with Crippen molar-refractivity contribution in [2.75, 3.05) is 24.7 Å². The van der Waals surface area contributed by atoms with Crippen molar-refractivity contribution in [3.63, 3.8) is 0 Å². The maximum Gasteiger partial charge on any atom is 2.00 e. The van der Waals surface area contributed by atoms with Gasteiger partial charge in [0.15, 0.2) is 0 Å². The summed E-state index contributed by atoms with van der Waals surface area (Å²) in [5.41, 5.74) is 0. The van der Waals surface area contributed by atoms with Crippen molar-refractivity contribution in [3.8, 4) is 0 Å². The Morgan fingerprint density at radius 3 is 0.927 bits per heavy atom. The van der Waals surface area contributed by atoms with Crippen LogP contribution in [0.3, 0.4) is 0 Å². The van der Waals surface area contributed by atoms with Gasteiger partial charge in [0.25, 0.3) is 0 Å². The van der Waals surface area contributed by atoms with Gasteiger partial charge in [0.2, 0.25) is 0 Å². The normalized spacial score (nSPS) is 12.4. The SMILES string of the molecule is CCCCCCCCOP([O-])SCCCCCCCC.CCCCCCCCOP([O-])SCCCCCCCC.[Ca+2]. The van der Waals surface area contributed by atoms with Gasteiger partial charge in [0, 0.05) is 15.2 Å². The number of hydrogen-bond donors (Lipinski definition) is 0. The third-order valence-corrected chi connectivity index (χ3v) is 11.9. The van der Waals surface area contributed by atoms with E-state index in [1.165, 1.54) is 164 Å². The number of unbranched alkanes of at least 4 members (excludes halogenated alkanes) is 20. The molecule has 0 aromatic carbocycles. The zero-order valence-corrected chi connectivity index (χ0v) is 33.5. The smallest absolute Gasteiger partial charge is 0.800 e. The van der Waals surface area contributed by atoms with E-state index in [0.717, 1.165) is 24.3 Å². The summed E-state index contributed by atoms with van der Waals surface area (Å²) in [7, 11) is -2.94. The fourth-order valence-corrected chi connectivity index (χ4v) is 8.39. The molecule has 0 saturated heterocycles. The van der Waals surface area contributed by atoms with Gasteiger partial charge in [-0.25, -0.2) is 0 Å². The number of rotatable bonds is 32. The van der Waals surface area contributed by atoms with E-state index in [2.05, 4.69) is 27.7 Å². The largest absolute Gasteiger partial charge is 2.00 e. The van der Waals surface area contributed by atoms with E-state index in [4.69, 9.17) is 9.05 Å². The van der Waals surface area contributed by atoms with Gasteiger partial charge in [-0.2, -0.15) is 0 Å². The summed E-state index contributed by atoms with van der Waals surface area (Å²) in [4.78, 5) is 23.2. The van der Waals surface area contributed by atoms with Crippen molar-refractivity contribution < 1.29 is 18.8 Å². The molecule has 41 heavy (non-hydrogen) atoms. The van der Waals surface area contributed by atoms with E-state index in [1.54, 1.807) is 0 Å². The Balaban J connectivity index is -0.000000688. The molecule has 4 nitrogen and oxygen atoms in total. The second-order valence-corrected chi connectivity index (χ2v) is 16.9. The summed E-state index contributed by atoms with van der Waals surface area (Å²) in [5, 5.41) is 0. The van der Waals surface area contributed by atoms with Crippen LogP contribution in [0.4, 0.5) is 0 Å². The second kappa shape index (κ2) is 44.8. The first-order valence-electron chi connectivity index (χ1n) is 17.1. The standard InChI is InChI=1S/2C16H34O2PS.Ca/c2*1-3-5-7-9-11-13-15-18-19(17)20-16-14-12-10-8-6-4-2;/h2*3-16H2,1-2H3;/q2*-1;+2. The molecule has 0 aliphatic rings. The minimum atomic E-state index is -1.47. The van der Waals surface area contributed by atoms with Crippen LogP contribution < -0.4 is 9.79 Å². The first-order chi connectivity index (χ1) is 19.6. The monoisotopic (exact) mass is 682 g/mol. The van der Waals surface area contributed by atoms with Gasteiger partial charge in [-0.1, -0.05) is 156 Å².